The Hall–Kier alpha value is -0.350. The van der Waals surface area contributed by atoms with Crippen molar-refractivity contribution in [3.05, 3.63) is 36.5 Å². The summed E-state index contributed by atoms with van der Waals surface area (Å²) in [5.41, 5.74) is 0. The average molecular weight is 294 g/mol. The molecule has 0 spiro atoms. The van der Waals surface area contributed by atoms with Gasteiger partial charge in [-0.3, -0.25) is 0 Å². The van der Waals surface area contributed by atoms with E-state index in [2.05, 4.69) is 52.6 Å². The van der Waals surface area contributed by atoms with Crippen molar-refractivity contribution in [3.8, 4) is 0 Å². The predicted molar refractivity (Wildman–Crippen MR) is 98.5 cm³/mol. The Morgan fingerprint density at radius 1 is 0.600 bits per heavy atom. The maximum atomic E-state index is 2.80. The summed E-state index contributed by atoms with van der Waals surface area (Å²) in [4.78, 5) is 0. The number of rotatable bonds is 14. The molecule has 0 radical (unpaired) electrons. The molecule has 1 atom stereocenters. The van der Waals surface area contributed by atoms with Crippen LogP contribution in [0.5, 0.6) is 0 Å². The quantitative estimate of drug-likeness (QED) is 0.187. The van der Waals surface area contributed by atoms with E-state index in [0.717, 1.165) is 12.8 Å². The fourth-order valence-corrected chi connectivity index (χ4v) is 2.34. The summed E-state index contributed by atoms with van der Waals surface area (Å²) in [7, 11) is 2.80. The Labute approximate surface area is 130 Å². The molecule has 1 heteroatoms. The van der Waals surface area contributed by atoms with Gasteiger partial charge in [-0.15, -0.1) is 9.24 Å². The van der Waals surface area contributed by atoms with Crippen LogP contribution >= 0.6 is 9.24 Å². The first-order valence-corrected chi connectivity index (χ1v) is 9.38. The Balaban J connectivity index is 3.25. The zero-order chi connectivity index (χ0) is 14.7. The molecule has 0 aromatic carbocycles. The lowest BCUT2D eigenvalue weighted by atomic mass is 10.1. The molecule has 0 heterocycles. The molecule has 0 bridgehead atoms. The molecular formula is C19H35P. The highest BCUT2D eigenvalue weighted by atomic mass is 31.0. The van der Waals surface area contributed by atoms with Gasteiger partial charge in [0.1, 0.15) is 0 Å². The van der Waals surface area contributed by atoms with Crippen molar-refractivity contribution in [1.29, 1.82) is 0 Å². The van der Waals surface area contributed by atoms with Crippen molar-refractivity contribution in [2.75, 3.05) is 6.16 Å². The lowest BCUT2D eigenvalue weighted by Crippen LogP contribution is -1.77. The minimum Gasteiger partial charge on any atom is -0.138 e. The molecule has 0 aromatic heterocycles. The maximum absolute atomic E-state index is 2.80. The van der Waals surface area contributed by atoms with Crippen molar-refractivity contribution >= 4 is 9.24 Å². The van der Waals surface area contributed by atoms with Gasteiger partial charge >= 0.3 is 0 Å². The van der Waals surface area contributed by atoms with Crippen LogP contribution in [0.1, 0.15) is 77.6 Å². The molecule has 0 nitrogen and oxygen atoms in total. The van der Waals surface area contributed by atoms with E-state index < -0.39 is 0 Å². The smallest absolute Gasteiger partial charge is 0.0169 e. The highest BCUT2D eigenvalue weighted by molar-refractivity contribution is 7.16. The van der Waals surface area contributed by atoms with Crippen LogP contribution in [0.25, 0.3) is 0 Å². The lowest BCUT2D eigenvalue weighted by Gasteiger charge is -1.95. The molecule has 0 aliphatic carbocycles. The van der Waals surface area contributed by atoms with Crippen LogP contribution in [0.4, 0.5) is 0 Å². The molecule has 0 aliphatic rings. The van der Waals surface area contributed by atoms with E-state index in [-0.39, 0.29) is 0 Å². The van der Waals surface area contributed by atoms with Crippen LogP contribution in [0.15, 0.2) is 36.5 Å². The Morgan fingerprint density at radius 2 is 1.10 bits per heavy atom. The summed E-state index contributed by atoms with van der Waals surface area (Å²) in [5.74, 6) is 0. The van der Waals surface area contributed by atoms with E-state index in [1.165, 1.54) is 63.9 Å². The fraction of sp³-hybridized carbons (Fsp3) is 0.684. The molecule has 20 heavy (non-hydrogen) atoms. The van der Waals surface area contributed by atoms with E-state index in [9.17, 15) is 0 Å². The van der Waals surface area contributed by atoms with E-state index in [1.54, 1.807) is 0 Å². The third kappa shape index (κ3) is 17.6. The van der Waals surface area contributed by atoms with Gasteiger partial charge in [-0.05, 0) is 51.1 Å². The largest absolute Gasteiger partial charge is 0.138 e. The summed E-state index contributed by atoms with van der Waals surface area (Å²) >= 11 is 0. The van der Waals surface area contributed by atoms with Crippen molar-refractivity contribution in [3.63, 3.8) is 0 Å². The number of hydrogen-bond acceptors (Lipinski definition) is 0. The minimum absolute atomic E-state index is 1.09. The van der Waals surface area contributed by atoms with Crippen LogP contribution in [0, 0.1) is 0 Å². The predicted octanol–water partition coefficient (Wildman–Crippen LogP) is 6.84. The zero-order valence-corrected chi connectivity index (χ0v) is 14.7. The van der Waals surface area contributed by atoms with Crippen LogP contribution in [0.2, 0.25) is 0 Å². The third-order valence-corrected chi connectivity index (χ3v) is 3.75. The molecule has 0 fully saturated rings. The molecule has 0 saturated heterocycles. The van der Waals surface area contributed by atoms with E-state index in [0.29, 0.717) is 0 Å². The summed E-state index contributed by atoms with van der Waals surface area (Å²) in [6.45, 7) is 2.25. The molecule has 116 valence electrons. The Kier molecular flexibility index (Phi) is 18.3. The molecule has 0 amide bonds. The fourth-order valence-electron chi connectivity index (χ4n) is 2.05. The first-order valence-electron chi connectivity index (χ1n) is 8.56. The van der Waals surface area contributed by atoms with Crippen LogP contribution < -0.4 is 0 Å². The standard InChI is InChI=1S/C19H35P/c1-2-3-4-5-6-7-8-9-10-11-12-13-14-15-16-17-18-19-20/h6-7,9-10,12-13H,2-5,8,11,14-20H2,1H3/b7-6-,10-9-,13-12-. The van der Waals surface area contributed by atoms with Crippen molar-refractivity contribution in [2.45, 2.75) is 77.6 Å². The Morgan fingerprint density at radius 3 is 1.65 bits per heavy atom. The van der Waals surface area contributed by atoms with Gasteiger partial charge in [0.15, 0.2) is 0 Å². The monoisotopic (exact) mass is 294 g/mol. The summed E-state index contributed by atoms with van der Waals surface area (Å²) < 4.78 is 0. The lowest BCUT2D eigenvalue weighted by molar-refractivity contribution is 0.678. The van der Waals surface area contributed by atoms with Gasteiger partial charge in [0.25, 0.3) is 0 Å². The van der Waals surface area contributed by atoms with Gasteiger partial charge in [-0.2, -0.15) is 0 Å². The number of unbranched alkanes of at least 4 members (excludes halogenated alkanes) is 7. The molecule has 0 saturated carbocycles. The SMILES string of the molecule is CCCCC/C=C\C/C=C\C/C=C\CCCCCCP. The highest BCUT2D eigenvalue weighted by Crippen LogP contribution is 2.05. The second-order valence-electron chi connectivity index (χ2n) is 5.37. The zero-order valence-electron chi connectivity index (χ0n) is 13.5. The van der Waals surface area contributed by atoms with Crippen LogP contribution in [0.3, 0.4) is 0 Å². The van der Waals surface area contributed by atoms with Gasteiger partial charge in [-0.25, -0.2) is 0 Å². The van der Waals surface area contributed by atoms with Crippen LogP contribution in [-0.4, -0.2) is 6.16 Å². The van der Waals surface area contributed by atoms with Crippen LogP contribution in [-0.2, 0) is 0 Å². The summed E-state index contributed by atoms with van der Waals surface area (Å²) in [6.07, 6.45) is 29.3. The third-order valence-electron chi connectivity index (χ3n) is 3.34. The van der Waals surface area contributed by atoms with E-state index in [4.69, 9.17) is 0 Å². The molecule has 0 aromatic rings. The van der Waals surface area contributed by atoms with Gasteiger partial charge < -0.3 is 0 Å². The summed E-state index contributed by atoms with van der Waals surface area (Å²) in [6, 6.07) is 0. The number of hydrogen-bond donors (Lipinski definition) is 0. The topological polar surface area (TPSA) is 0 Å². The second-order valence-corrected chi connectivity index (χ2v) is 5.95. The second kappa shape index (κ2) is 18.7. The molecule has 0 aliphatic heterocycles. The van der Waals surface area contributed by atoms with Gasteiger partial charge in [0.2, 0.25) is 0 Å². The normalized spacial score (nSPS) is 12.3. The average Bonchev–Trinajstić information content (AvgIpc) is 2.47. The van der Waals surface area contributed by atoms with Crippen molar-refractivity contribution in [2.24, 2.45) is 0 Å². The van der Waals surface area contributed by atoms with Gasteiger partial charge in [0.05, 0.1) is 0 Å². The molecular weight excluding hydrogens is 259 g/mol. The number of allylic oxidation sites excluding steroid dienone is 6. The van der Waals surface area contributed by atoms with Gasteiger partial charge in [0, 0.05) is 0 Å². The van der Waals surface area contributed by atoms with E-state index in [1.807, 2.05) is 0 Å². The van der Waals surface area contributed by atoms with Gasteiger partial charge in [-0.1, -0.05) is 69.1 Å². The molecule has 0 N–H and O–H groups in total. The molecule has 1 unspecified atom stereocenters. The van der Waals surface area contributed by atoms with E-state index >= 15 is 0 Å². The maximum Gasteiger partial charge on any atom is -0.0169 e. The molecule has 0 rings (SSSR count). The first kappa shape index (κ1) is 19.7. The highest BCUT2D eigenvalue weighted by Gasteiger charge is 1.86. The summed E-state index contributed by atoms with van der Waals surface area (Å²) in [5, 5.41) is 0. The van der Waals surface area contributed by atoms with Crippen molar-refractivity contribution in [1.82, 2.24) is 0 Å². The first-order chi connectivity index (χ1) is 9.91. The van der Waals surface area contributed by atoms with Crippen molar-refractivity contribution < 1.29 is 0 Å². The Bertz CT molecular complexity index is 250. The minimum atomic E-state index is 1.09.